The summed E-state index contributed by atoms with van der Waals surface area (Å²) < 4.78 is 3.61. The van der Waals surface area contributed by atoms with Crippen LogP contribution in [0.4, 0.5) is 0 Å². The van der Waals surface area contributed by atoms with Crippen LogP contribution in [0.15, 0.2) is 146 Å². The van der Waals surface area contributed by atoms with Crippen LogP contribution in [0.5, 0.6) is 0 Å². The van der Waals surface area contributed by atoms with Crippen molar-refractivity contribution in [3.63, 3.8) is 0 Å². The maximum absolute atomic E-state index is 10.2. The fraction of sp³-hybridized carbons (Fsp3) is 0. The number of carbonyl (C=O) groups excluding carboxylic acids is 4. The number of carbonyl (C=O) groups is 4. The third-order valence-corrected chi connectivity index (χ3v) is 8.54. The first-order valence-electron chi connectivity index (χ1n) is 15.1. The molecule has 12 nitrogen and oxygen atoms in total. The maximum atomic E-state index is 10.2. The second-order valence-electron chi connectivity index (χ2n) is 9.89. The third-order valence-electron chi connectivity index (χ3n) is 5.86. The van der Waals surface area contributed by atoms with E-state index in [0.29, 0.717) is 11.1 Å². The van der Waals surface area contributed by atoms with Crippen molar-refractivity contribution in [2.24, 2.45) is 0 Å². The number of hydrogen-bond donors (Lipinski definition) is 0. The summed E-state index contributed by atoms with van der Waals surface area (Å²) in [4.78, 5) is 48.4. The Kier molecular flexibility index (Phi) is 31.8. The monoisotopic (exact) mass is 1320 g/mol. The summed E-state index contributed by atoms with van der Waals surface area (Å²) in [6.07, 6.45) is 6.38. The van der Waals surface area contributed by atoms with Gasteiger partial charge in [-0.3, -0.25) is 9.97 Å². The van der Waals surface area contributed by atoms with Crippen LogP contribution < -0.4 is 20.4 Å². The van der Waals surface area contributed by atoms with Gasteiger partial charge >= 0.3 is 34.1 Å². The number of nitrogens with zero attached hydrogens (tertiary/aromatic N) is 4. The number of nitriles is 2. The van der Waals surface area contributed by atoms with Gasteiger partial charge in [0.2, 0.25) is 0 Å². The van der Waals surface area contributed by atoms with Crippen molar-refractivity contribution >= 4 is 114 Å². The summed E-state index contributed by atoms with van der Waals surface area (Å²) in [5.74, 6) is -4.51. The Hall–Kier alpha value is -4.00. The minimum Gasteiger partial charge on any atom is -0.545 e. The van der Waals surface area contributed by atoms with E-state index in [1.807, 2.05) is 127 Å². The summed E-state index contributed by atoms with van der Waals surface area (Å²) in [5, 5.41) is 57.5. The number of carboxylic acid groups (broad SMARTS) is 4. The predicted molar refractivity (Wildman–Crippen MR) is 232 cm³/mol. The molecule has 6 rings (SSSR count). The van der Waals surface area contributed by atoms with Gasteiger partial charge in [0, 0.05) is 39.1 Å². The molecule has 302 valence electrons. The Bertz CT molecular complexity index is 2010. The molecule has 0 saturated heterocycles. The van der Waals surface area contributed by atoms with Crippen LogP contribution in [-0.4, -0.2) is 33.8 Å². The molecule has 0 aliphatic heterocycles. The molecule has 2 heterocycles. The first-order chi connectivity index (χ1) is 26.7. The van der Waals surface area contributed by atoms with E-state index in [-0.39, 0.29) is 56.4 Å². The molecule has 0 aliphatic rings. The SMILES string of the molecule is N#Cc1ccncc1.N#Cc1ccncc1.O=C([O-])c1cccc(I)c1.O=C([O-])c1cccc(I)c1.O=C([O-])c1cccc(I)c1.O=C([O-])c1cccc(I)c1.[Cu+2].[Cu+2]. The van der Waals surface area contributed by atoms with Gasteiger partial charge in [-0.2, -0.15) is 10.5 Å². The van der Waals surface area contributed by atoms with Crippen LogP contribution in [-0.2, 0) is 34.1 Å². The first kappa shape index (κ1) is 56.1. The molecule has 0 saturated carbocycles. The summed E-state index contributed by atoms with van der Waals surface area (Å²) in [6.45, 7) is 0. The zero-order valence-corrected chi connectivity index (χ0v) is 39.5. The van der Waals surface area contributed by atoms with Gasteiger partial charge in [0.05, 0.1) is 47.1 Å². The Balaban J connectivity index is 0. The molecule has 0 atom stereocenters. The number of hydrogen-bond acceptors (Lipinski definition) is 12. The average Bonchev–Trinajstić information content (AvgIpc) is 3.20. The Morgan fingerprint density at radius 3 is 0.741 bits per heavy atom. The van der Waals surface area contributed by atoms with Gasteiger partial charge in [0.25, 0.3) is 0 Å². The van der Waals surface area contributed by atoms with E-state index < -0.39 is 23.9 Å². The molecule has 2 aromatic heterocycles. The fourth-order valence-corrected chi connectivity index (χ4v) is 5.49. The van der Waals surface area contributed by atoms with Crippen LogP contribution in [0.2, 0.25) is 0 Å². The smallest absolute Gasteiger partial charge is 0.545 e. The Labute approximate surface area is 409 Å². The second-order valence-corrected chi connectivity index (χ2v) is 14.9. The fourth-order valence-electron chi connectivity index (χ4n) is 3.31. The number of halogens is 4. The number of benzene rings is 4. The minimum absolute atomic E-state index is 0. The van der Waals surface area contributed by atoms with Crippen LogP contribution in [0.3, 0.4) is 0 Å². The Morgan fingerprint density at radius 2 is 0.621 bits per heavy atom. The van der Waals surface area contributed by atoms with Gasteiger partial charge in [0.15, 0.2) is 0 Å². The van der Waals surface area contributed by atoms with E-state index >= 15 is 0 Å². The van der Waals surface area contributed by atoms with Crippen molar-refractivity contribution in [3.8, 4) is 12.1 Å². The van der Waals surface area contributed by atoms with Crippen molar-refractivity contribution in [2.75, 3.05) is 0 Å². The molecule has 0 unspecified atom stereocenters. The zero-order chi connectivity index (χ0) is 41.9. The molecule has 0 fully saturated rings. The molecule has 4 aromatic carbocycles. The van der Waals surface area contributed by atoms with Crippen molar-refractivity contribution in [1.29, 1.82) is 10.5 Å². The molecular weight excluding hydrogens is 1300 g/mol. The minimum atomic E-state index is -1.13. The van der Waals surface area contributed by atoms with Crippen molar-refractivity contribution < 1.29 is 73.7 Å². The number of rotatable bonds is 4. The maximum Gasteiger partial charge on any atom is 2.00 e. The molecule has 6 aromatic rings. The van der Waals surface area contributed by atoms with Crippen LogP contribution >= 0.6 is 90.4 Å². The molecule has 0 aliphatic carbocycles. The van der Waals surface area contributed by atoms with Crippen LogP contribution in [0, 0.1) is 36.9 Å². The van der Waals surface area contributed by atoms with E-state index in [4.69, 9.17) is 10.5 Å². The van der Waals surface area contributed by atoms with Gasteiger partial charge in [-0.05, 0) is 185 Å². The predicted octanol–water partition coefficient (Wildman–Crippen LogP) is 4.52. The van der Waals surface area contributed by atoms with Gasteiger partial charge in [-0.25, -0.2) is 0 Å². The standard InChI is InChI=1S/4C7H5IO2.2C6H4N2.2Cu/c4*8-6-3-1-2-5(4-6)7(9)10;2*7-5-6-1-3-8-4-2-6;;/h4*1-4H,(H,9,10);2*1-4H;;/q;;;;;;2*+2/p-4. The quantitative estimate of drug-likeness (QED) is 0.175. The topological polar surface area (TPSA) is 234 Å². The summed E-state index contributed by atoms with van der Waals surface area (Å²) in [7, 11) is 0. The molecule has 0 bridgehead atoms. The second kappa shape index (κ2) is 32.9. The van der Waals surface area contributed by atoms with E-state index in [9.17, 15) is 39.6 Å². The first-order valence-corrected chi connectivity index (χ1v) is 19.5. The normalized spacial score (nSPS) is 8.59. The number of carboxylic acids is 4. The summed E-state index contributed by atoms with van der Waals surface area (Å²) >= 11 is 8.19. The number of aromatic carboxylic acids is 4. The molecule has 58 heavy (non-hydrogen) atoms. The summed E-state index contributed by atoms with van der Waals surface area (Å²) in [6, 6.07) is 37.0. The van der Waals surface area contributed by atoms with Gasteiger partial charge < -0.3 is 39.6 Å². The van der Waals surface area contributed by atoms with E-state index in [2.05, 4.69) is 9.97 Å². The molecule has 0 N–H and O–H groups in total. The van der Waals surface area contributed by atoms with Gasteiger partial charge in [-0.15, -0.1) is 0 Å². The number of aromatic nitrogens is 2. The summed E-state index contributed by atoms with van der Waals surface area (Å²) in [5.41, 5.74) is 2.22. The Morgan fingerprint density at radius 1 is 0.414 bits per heavy atom. The third kappa shape index (κ3) is 26.1. The van der Waals surface area contributed by atoms with Crippen molar-refractivity contribution in [2.45, 2.75) is 0 Å². The number of pyridine rings is 2. The molecule has 18 heteroatoms. The molecular formula is C40H24Cu2I4N4O8. The van der Waals surface area contributed by atoms with Gasteiger partial charge in [-0.1, -0.05) is 48.5 Å². The van der Waals surface area contributed by atoms with Crippen LogP contribution in [0.25, 0.3) is 0 Å². The largest absolute Gasteiger partial charge is 2.00 e. The van der Waals surface area contributed by atoms with Gasteiger partial charge in [0.1, 0.15) is 0 Å². The van der Waals surface area contributed by atoms with Crippen LogP contribution in [0.1, 0.15) is 52.6 Å². The molecule has 2 radical (unpaired) electrons. The zero-order valence-electron chi connectivity index (χ0n) is 29.0. The molecule has 0 spiro atoms. The molecule has 0 amide bonds. The van der Waals surface area contributed by atoms with E-state index in [0.717, 1.165) is 14.3 Å². The average molecular weight is 1320 g/mol. The van der Waals surface area contributed by atoms with Crippen molar-refractivity contribution in [1.82, 2.24) is 9.97 Å². The van der Waals surface area contributed by atoms with E-state index in [1.54, 1.807) is 97.6 Å². The van der Waals surface area contributed by atoms with Crippen molar-refractivity contribution in [3.05, 3.63) is 194 Å². The van der Waals surface area contributed by atoms with E-state index in [1.165, 1.54) is 24.3 Å².